The Kier molecular flexibility index (Phi) is 4.76. The number of nitrogens with one attached hydrogen (secondary N) is 1. The molecule has 1 unspecified atom stereocenters. The molecule has 1 aliphatic heterocycles. The molecule has 0 aliphatic carbocycles. The van der Waals surface area contributed by atoms with E-state index in [1.54, 1.807) is 17.7 Å². The number of alkyl halides is 2. The number of methoxy groups -OCH3 is 1. The molecular formula is C18H17F3N2O3. The highest BCUT2D eigenvalue weighted by atomic mass is 19.3. The van der Waals surface area contributed by atoms with Gasteiger partial charge in [0.15, 0.2) is 0 Å². The van der Waals surface area contributed by atoms with Crippen molar-refractivity contribution in [2.24, 2.45) is 0 Å². The van der Waals surface area contributed by atoms with Gasteiger partial charge in [0.1, 0.15) is 11.9 Å². The fraction of sp³-hybridized carbons (Fsp3) is 0.333. The average Bonchev–Trinajstić information content (AvgIpc) is 3.13. The highest BCUT2D eigenvalue weighted by molar-refractivity contribution is 6.06. The molecule has 5 nitrogen and oxygen atoms in total. The number of benzene rings is 1. The van der Waals surface area contributed by atoms with Crippen LogP contribution in [0, 0.1) is 12.7 Å². The summed E-state index contributed by atoms with van der Waals surface area (Å²) in [6, 6.07) is 2.55. The van der Waals surface area contributed by atoms with Crippen molar-refractivity contribution in [3.8, 4) is 0 Å². The van der Waals surface area contributed by atoms with Crippen LogP contribution in [-0.2, 0) is 16.0 Å². The van der Waals surface area contributed by atoms with Gasteiger partial charge in [-0.25, -0.2) is 18.0 Å². The van der Waals surface area contributed by atoms with Gasteiger partial charge in [-0.3, -0.25) is 4.79 Å². The van der Waals surface area contributed by atoms with Crippen molar-refractivity contribution in [2.75, 3.05) is 12.4 Å². The average molecular weight is 366 g/mol. The van der Waals surface area contributed by atoms with Gasteiger partial charge >= 0.3 is 5.97 Å². The molecule has 0 fully saturated rings. The van der Waals surface area contributed by atoms with Crippen molar-refractivity contribution in [2.45, 2.75) is 32.2 Å². The minimum atomic E-state index is -2.98. The lowest BCUT2D eigenvalue weighted by Crippen LogP contribution is -2.17. The summed E-state index contributed by atoms with van der Waals surface area (Å²) in [5.74, 6) is -1.90. The number of hydrogen-bond acceptors (Lipinski definition) is 3. The number of carbonyl (C=O) groups excluding carboxylic acids is 2. The number of nitrogens with zero attached hydrogens (tertiary/aromatic N) is 1. The van der Waals surface area contributed by atoms with Crippen LogP contribution in [0.2, 0.25) is 0 Å². The lowest BCUT2D eigenvalue weighted by Gasteiger charge is -2.10. The first-order valence-electron chi connectivity index (χ1n) is 8.00. The van der Waals surface area contributed by atoms with Crippen LogP contribution in [0.15, 0.2) is 24.4 Å². The number of hydrogen-bond donors (Lipinski definition) is 1. The second-order valence-corrected chi connectivity index (χ2v) is 6.11. The van der Waals surface area contributed by atoms with Gasteiger partial charge in [-0.1, -0.05) is 0 Å². The molecule has 0 spiro atoms. The zero-order chi connectivity index (χ0) is 19.0. The number of amides is 1. The zero-order valence-corrected chi connectivity index (χ0v) is 14.2. The Bertz CT molecular complexity index is 877. The predicted octanol–water partition coefficient (Wildman–Crippen LogP) is 3.79. The maximum Gasteiger partial charge on any atom is 0.328 e. The normalized spacial score (nSPS) is 15.8. The van der Waals surface area contributed by atoms with E-state index in [4.69, 9.17) is 4.74 Å². The van der Waals surface area contributed by atoms with Crippen LogP contribution in [-0.4, -0.2) is 23.6 Å². The molecule has 138 valence electrons. The Labute approximate surface area is 147 Å². The van der Waals surface area contributed by atoms with E-state index in [1.807, 2.05) is 0 Å². The summed E-state index contributed by atoms with van der Waals surface area (Å²) in [5, 5.41) is 2.53. The van der Waals surface area contributed by atoms with Crippen LogP contribution >= 0.6 is 0 Å². The third-order valence-electron chi connectivity index (χ3n) is 4.51. The molecule has 1 aromatic carbocycles. The number of carbonyl (C=O) groups is 2. The molecule has 1 N–H and O–H groups in total. The summed E-state index contributed by atoms with van der Waals surface area (Å²) in [4.78, 5) is 24.5. The van der Waals surface area contributed by atoms with Crippen LogP contribution in [0.3, 0.4) is 0 Å². The smallest absolute Gasteiger partial charge is 0.328 e. The van der Waals surface area contributed by atoms with E-state index < -0.39 is 29.8 Å². The Hall–Kier alpha value is -2.77. The fourth-order valence-corrected chi connectivity index (χ4v) is 3.31. The molecule has 0 saturated carbocycles. The Morgan fingerprint density at radius 2 is 2.08 bits per heavy atom. The summed E-state index contributed by atoms with van der Waals surface area (Å²) in [6.07, 6.45) is -0.238. The summed E-state index contributed by atoms with van der Waals surface area (Å²) >= 11 is 0. The summed E-state index contributed by atoms with van der Waals surface area (Å²) in [7, 11) is 1.30. The number of rotatable bonds is 4. The van der Waals surface area contributed by atoms with E-state index in [2.05, 4.69) is 5.32 Å². The Morgan fingerprint density at radius 1 is 1.35 bits per heavy atom. The van der Waals surface area contributed by atoms with E-state index in [0.717, 1.165) is 12.1 Å². The van der Waals surface area contributed by atoms with Crippen LogP contribution < -0.4 is 5.32 Å². The maximum atomic E-state index is 13.4. The first-order chi connectivity index (χ1) is 12.3. The van der Waals surface area contributed by atoms with Gasteiger partial charge in [-0.2, -0.15) is 0 Å². The van der Waals surface area contributed by atoms with Crippen LogP contribution in [0.25, 0.3) is 0 Å². The molecular weight excluding hydrogens is 349 g/mol. The van der Waals surface area contributed by atoms with Crippen LogP contribution in [0.5, 0.6) is 0 Å². The second kappa shape index (κ2) is 6.86. The third kappa shape index (κ3) is 3.07. The van der Waals surface area contributed by atoms with E-state index in [1.165, 1.54) is 13.2 Å². The van der Waals surface area contributed by atoms with Gasteiger partial charge in [0, 0.05) is 17.6 Å². The minimum absolute atomic E-state index is 0.0774. The molecule has 26 heavy (non-hydrogen) atoms. The third-order valence-corrected chi connectivity index (χ3v) is 4.51. The van der Waals surface area contributed by atoms with Crippen LogP contribution in [0.4, 0.5) is 18.9 Å². The van der Waals surface area contributed by atoms with Gasteiger partial charge < -0.3 is 14.6 Å². The SMILES string of the molecule is COC(=O)C1CCc2c(C(=O)Nc3ccc(F)c(C(F)F)c3)c(C)cn21. The molecule has 1 amide bonds. The molecule has 1 atom stereocenters. The number of fused-ring (bicyclic) bond motifs is 1. The number of anilines is 1. The highest BCUT2D eigenvalue weighted by Crippen LogP contribution is 2.33. The topological polar surface area (TPSA) is 60.3 Å². The molecule has 0 saturated heterocycles. The Morgan fingerprint density at radius 3 is 2.73 bits per heavy atom. The van der Waals surface area contributed by atoms with Gasteiger partial charge in [0.25, 0.3) is 12.3 Å². The number of ether oxygens (including phenoxy) is 1. The van der Waals surface area contributed by atoms with Gasteiger partial charge in [-0.05, 0) is 43.5 Å². The lowest BCUT2D eigenvalue weighted by molar-refractivity contribution is -0.144. The highest BCUT2D eigenvalue weighted by Gasteiger charge is 2.33. The quantitative estimate of drug-likeness (QED) is 0.838. The molecule has 1 aromatic heterocycles. The summed E-state index contributed by atoms with van der Waals surface area (Å²) in [6.45, 7) is 1.73. The van der Waals surface area contributed by atoms with Gasteiger partial charge in [0.2, 0.25) is 0 Å². The first-order valence-corrected chi connectivity index (χ1v) is 8.00. The van der Waals surface area contributed by atoms with E-state index in [0.29, 0.717) is 29.7 Å². The lowest BCUT2D eigenvalue weighted by atomic mass is 10.1. The largest absolute Gasteiger partial charge is 0.467 e. The zero-order valence-electron chi connectivity index (χ0n) is 14.2. The standard InChI is InChI=1S/C18H17F3N2O3/c1-9-8-23-13(5-6-14(23)18(25)26-2)15(9)17(24)22-10-3-4-12(19)11(7-10)16(20)21/h3-4,7-8,14,16H,5-6H2,1-2H3,(H,22,24). The minimum Gasteiger partial charge on any atom is -0.467 e. The fourth-order valence-electron chi connectivity index (χ4n) is 3.31. The van der Waals surface area contributed by atoms with Gasteiger partial charge in [-0.15, -0.1) is 0 Å². The van der Waals surface area contributed by atoms with Crippen molar-refractivity contribution in [3.05, 3.63) is 52.6 Å². The van der Waals surface area contributed by atoms with Crippen molar-refractivity contribution in [3.63, 3.8) is 0 Å². The number of aryl methyl sites for hydroxylation is 1. The summed E-state index contributed by atoms with van der Waals surface area (Å²) in [5.41, 5.74) is 1.04. The second-order valence-electron chi connectivity index (χ2n) is 6.11. The summed E-state index contributed by atoms with van der Waals surface area (Å²) < 4.78 is 45.5. The first kappa shape index (κ1) is 18.0. The number of aromatic nitrogens is 1. The molecule has 0 radical (unpaired) electrons. The van der Waals surface area contributed by atoms with Crippen molar-refractivity contribution in [1.29, 1.82) is 0 Å². The Balaban J connectivity index is 1.88. The molecule has 1 aliphatic rings. The molecule has 2 heterocycles. The molecule has 3 rings (SSSR count). The number of halogens is 3. The van der Waals surface area contributed by atoms with Crippen LogP contribution in [0.1, 0.15) is 46.1 Å². The van der Waals surface area contributed by atoms with E-state index in [9.17, 15) is 22.8 Å². The van der Waals surface area contributed by atoms with E-state index in [-0.39, 0.29) is 11.7 Å². The molecule has 2 aromatic rings. The van der Waals surface area contributed by atoms with E-state index >= 15 is 0 Å². The van der Waals surface area contributed by atoms with Crippen molar-refractivity contribution >= 4 is 17.6 Å². The van der Waals surface area contributed by atoms with Gasteiger partial charge in [0.05, 0.1) is 18.2 Å². The van der Waals surface area contributed by atoms with Crippen molar-refractivity contribution < 1.29 is 27.5 Å². The predicted molar refractivity (Wildman–Crippen MR) is 87.9 cm³/mol. The molecule has 8 heteroatoms. The maximum absolute atomic E-state index is 13.4. The number of esters is 1. The molecule has 0 bridgehead atoms. The monoisotopic (exact) mass is 366 g/mol. The van der Waals surface area contributed by atoms with Crippen molar-refractivity contribution in [1.82, 2.24) is 4.57 Å².